The van der Waals surface area contributed by atoms with Gasteiger partial charge in [-0.25, -0.2) is 4.79 Å². The molecule has 1 atom stereocenters. The van der Waals surface area contributed by atoms with E-state index in [1.54, 1.807) is 35.9 Å². The predicted molar refractivity (Wildman–Crippen MR) is 127 cm³/mol. The number of hydrogen-bond donors (Lipinski definition) is 1. The van der Waals surface area contributed by atoms with Gasteiger partial charge in [0, 0.05) is 42.5 Å². The fraction of sp³-hybridized carbons (Fsp3) is 0.440. The molecule has 1 unspecified atom stereocenters. The van der Waals surface area contributed by atoms with Gasteiger partial charge in [0.15, 0.2) is 5.54 Å². The molecule has 7 nitrogen and oxygen atoms in total. The zero-order chi connectivity index (χ0) is 23.4. The maximum atomic E-state index is 13.8. The van der Waals surface area contributed by atoms with Crippen molar-refractivity contribution in [3.05, 3.63) is 64.6 Å². The number of hydrogen-bond acceptors (Lipinski definition) is 5. The van der Waals surface area contributed by atoms with E-state index in [0.717, 1.165) is 4.88 Å². The summed E-state index contributed by atoms with van der Waals surface area (Å²) in [6.07, 6.45) is 8.75. The molecule has 0 spiro atoms. The summed E-state index contributed by atoms with van der Waals surface area (Å²) in [6, 6.07) is 7.27. The highest BCUT2D eigenvalue weighted by molar-refractivity contribution is 7.09. The second kappa shape index (κ2) is 9.87. The van der Waals surface area contributed by atoms with E-state index >= 15 is 0 Å². The van der Waals surface area contributed by atoms with Crippen LogP contribution < -0.4 is 5.32 Å². The smallest absolute Gasteiger partial charge is 0.325 e. The minimum Gasteiger partial charge on any atom is -0.339 e. The van der Waals surface area contributed by atoms with Gasteiger partial charge in [-0.2, -0.15) is 0 Å². The Bertz CT molecular complexity index is 1010. The molecule has 2 aromatic rings. The fourth-order valence-electron chi connectivity index (χ4n) is 4.69. The Morgan fingerprint density at radius 3 is 2.70 bits per heavy atom. The van der Waals surface area contributed by atoms with Crippen molar-refractivity contribution in [1.29, 1.82) is 0 Å². The topological polar surface area (TPSA) is 82.6 Å². The number of allylic oxidation sites excluding steroid dienone is 1. The molecule has 4 heterocycles. The number of thiophene rings is 1. The van der Waals surface area contributed by atoms with E-state index in [2.05, 4.69) is 10.3 Å². The van der Waals surface area contributed by atoms with Gasteiger partial charge in [-0.05, 0) is 54.7 Å². The Hall–Kier alpha value is -3.00. The molecule has 0 bridgehead atoms. The summed E-state index contributed by atoms with van der Waals surface area (Å²) >= 11 is 1.62. The summed E-state index contributed by atoms with van der Waals surface area (Å²) in [4.78, 5) is 47.9. The van der Waals surface area contributed by atoms with Crippen molar-refractivity contribution in [2.24, 2.45) is 11.8 Å². The van der Waals surface area contributed by atoms with E-state index in [1.165, 1.54) is 4.90 Å². The zero-order valence-corrected chi connectivity index (χ0v) is 19.9. The number of rotatable bonds is 7. The molecule has 0 saturated carbocycles. The number of carbonyl (C=O) groups excluding carboxylic acids is 3. The van der Waals surface area contributed by atoms with Crippen LogP contribution in [0.4, 0.5) is 4.79 Å². The van der Waals surface area contributed by atoms with Crippen molar-refractivity contribution in [3.63, 3.8) is 0 Å². The monoisotopic (exact) mass is 466 g/mol. The van der Waals surface area contributed by atoms with Crippen LogP contribution in [-0.4, -0.2) is 52.3 Å². The second-order valence-corrected chi connectivity index (χ2v) is 10.0. The van der Waals surface area contributed by atoms with E-state index in [1.807, 2.05) is 48.4 Å². The number of pyridine rings is 1. The molecule has 174 valence electrons. The molecule has 4 amide bonds. The van der Waals surface area contributed by atoms with E-state index in [9.17, 15) is 14.4 Å². The van der Waals surface area contributed by atoms with Crippen LogP contribution in [0.2, 0.25) is 0 Å². The van der Waals surface area contributed by atoms with E-state index in [-0.39, 0.29) is 23.8 Å². The van der Waals surface area contributed by atoms with Gasteiger partial charge >= 0.3 is 6.03 Å². The first kappa shape index (κ1) is 23.2. The first-order chi connectivity index (χ1) is 15.9. The number of nitrogens with zero attached hydrogens (tertiary/aromatic N) is 3. The number of carbonyl (C=O) groups is 3. The third-order valence-electron chi connectivity index (χ3n) is 6.45. The van der Waals surface area contributed by atoms with Gasteiger partial charge < -0.3 is 10.2 Å². The molecule has 2 saturated heterocycles. The first-order valence-corrected chi connectivity index (χ1v) is 12.3. The van der Waals surface area contributed by atoms with E-state index in [0.29, 0.717) is 50.4 Å². The van der Waals surface area contributed by atoms with Gasteiger partial charge in [-0.1, -0.05) is 32.1 Å². The number of piperidine rings is 1. The SMILES string of the molecule is CC(C)/C=C/C(=O)N1CCC(C2(c3cccnc3)NC(=O)N(CCc3cccs3)C2=O)CC1. The summed E-state index contributed by atoms with van der Waals surface area (Å²) in [5.74, 6) is -0.0340. The van der Waals surface area contributed by atoms with Crippen molar-refractivity contribution in [2.45, 2.75) is 38.6 Å². The van der Waals surface area contributed by atoms with Crippen LogP contribution in [0.5, 0.6) is 0 Å². The summed E-state index contributed by atoms with van der Waals surface area (Å²) in [5.41, 5.74) is -0.449. The molecule has 2 aliphatic rings. The molecule has 4 rings (SSSR count). The number of nitrogens with one attached hydrogen (secondary N) is 1. The molecule has 2 fully saturated rings. The van der Waals surface area contributed by atoms with Crippen LogP contribution in [-0.2, 0) is 21.5 Å². The minimum atomic E-state index is -1.15. The molecule has 0 aliphatic carbocycles. The molecular weight excluding hydrogens is 436 g/mol. The lowest BCUT2D eigenvalue weighted by Gasteiger charge is -2.40. The molecule has 0 aromatic carbocycles. The van der Waals surface area contributed by atoms with E-state index < -0.39 is 5.54 Å². The Morgan fingerprint density at radius 2 is 2.06 bits per heavy atom. The van der Waals surface area contributed by atoms with Crippen LogP contribution in [0.3, 0.4) is 0 Å². The van der Waals surface area contributed by atoms with Crippen LogP contribution in [0, 0.1) is 11.8 Å². The number of imide groups is 1. The average Bonchev–Trinajstić information content (AvgIpc) is 3.43. The van der Waals surface area contributed by atoms with Gasteiger partial charge in [0.1, 0.15) is 0 Å². The van der Waals surface area contributed by atoms with Crippen molar-refractivity contribution in [2.75, 3.05) is 19.6 Å². The number of urea groups is 1. The molecule has 2 aromatic heterocycles. The lowest BCUT2D eigenvalue weighted by atomic mass is 9.73. The summed E-state index contributed by atoms with van der Waals surface area (Å²) in [7, 11) is 0. The maximum Gasteiger partial charge on any atom is 0.325 e. The molecule has 8 heteroatoms. The molecule has 33 heavy (non-hydrogen) atoms. The van der Waals surface area contributed by atoms with Crippen molar-refractivity contribution in [3.8, 4) is 0 Å². The zero-order valence-electron chi connectivity index (χ0n) is 19.1. The number of likely N-dealkylation sites (tertiary alicyclic amines) is 1. The Balaban J connectivity index is 1.55. The molecular formula is C25H30N4O3S. The average molecular weight is 467 g/mol. The van der Waals surface area contributed by atoms with Gasteiger partial charge in [0.25, 0.3) is 5.91 Å². The van der Waals surface area contributed by atoms with Gasteiger partial charge in [-0.3, -0.25) is 19.5 Å². The highest BCUT2D eigenvalue weighted by Crippen LogP contribution is 2.41. The van der Waals surface area contributed by atoms with Gasteiger partial charge in [0.05, 0.1) is 0 Å². The fourth-order valence-corrected chi connectivity index (χ4v) is 5.39. The highest BCUT2D eigenvalue weighted by atomic mass is 32.1. The molecule has 2 aliphatic heterocycles. The van der Waals surface area contributed by atoms with Crippen LogP contribution in [0.1, 0.15) is 37.1 Å². The lowest BCUT2D eigenvalue weighted by molar-refractivity contribution is -0.135. The Kier molecular flexibility index (Phi) is 6.93. The molecule has 1 N–H and O–H groups in total. The largest absolute Gasteiger partial charge is 0.339 e. The minimum absolute atomic E-state index is 0.00284. The predicted octanol–water partition coefficient (Wildman–Crippen LogP) is 3.58. The van der Waals surface area contributed by atoms with Crippen LogP contribution in [0.15, 0.2) is 54.2 Å². The summed E-state index contributed by atoms with van der Waals surface area (Å²) in [6.45, 7) is 5.50. The van der Waals surface area contributed by atoms with Crippen molar-refractivity contribution >= 4 is 29.2 Å². The second-order valence-electron chi connectivity index (χ2n) is 8.97. The van der Waals surface area contributed by atoms with Crippen molar-refractivity contribution in [1.82, 2.24) is 20.1 Å². The van der Waals surface area contributed by atoms with Crippen molar-refractivity contribution < 1.29 is 14.4 Å². The van der Waals surface area contributed by atoms with Gasteiger partial charge in [-0.15, -0.1) is 11.3 Å². The van der Waals surface area contributed by atoms with E-state index in [4.69, 9.17) is 0 Å². The lowest BCUT2D eigenvalue weighted by Crippen LogP contribution is -2.54. The summed E-state index contributed by atoms with van der Waals surface area (Å²) < 4.78 is 0. The maximum absolute atomic E-state index is 13.8. The Morgan fingerprint density at radius 1 is 1.27 bits per heavy atom. The standard InChI is InChI=1S/C25H30N4O3S/c1-18(2)7-8-22(30)28-13-9-19(10-14-28)25(20-5-3-12-26-17-20)23(31)29(24(32)27-25)15-11-21-6-4-16-33-21/h3-8,12,16-19H,9-11,13-15H2,1-2H3,(H,27,32)/b8-7+. The van der Waals surface area contributed by atoms with Crippen LogP contribution in [0.25, 0.3) is 0 Å². The highest BCUT2D eigenvalue weighted by Gasteiger charge is 2.57. The quantitative estimate of drug-likeness (QED) is 0.499. The van der Waals surface area contributed by atoms with Crippen LogP contribution >= 0.6 is 11.3 Å². The number of aromatic nitrogens is 1. The molecule has 0 radical (unpaired) electrons. The van der Waals surface area contributed by atoms with Gasteiger partial charge in [0.2, 0.25) is 5.91 Å². The Labute approximate surface area is 198 Å². The summed E-state index contributed by atoms with van der Waals surface area (Å²) in [5, 5.41) is 5.04. The third-order valence-corrected chi connectivity index (χ3v) is 7.39. The first-order valence-electron chi connectivity index (χ1n) is 11.5. The number of amides is 4. The normalized spacial score (nSPS) is 21.9. The third kappa shape index (κ3) is 4.71.